The average Bonchev–Trinajstić information content (AvgIpc) is 2.92. The number of phenolic OH excluding ortho intramolecular Hbond substituents is 1. The first kappa shape index (κ1) is 26.6. The smallest absolute Gasteiger partial charge is 0.254 e. The largest absolute Gasteiger partial charge is 0.504 e. The summed E-state index contributed by atoms with van der Waals surface area (Å²) in [6.45, 7) is 2.20. The minimum absolute atomic E-state index is 0.0368. The number of ether oxygens (including phenoxy) is 3. The summed E-state index contributed by atoms with van der Waals surface area (Å²) in [6.07, 6.45) is 2.35. The number of hydrazone groups is 1. The zero-order valence-electron chi connectivity index (χ0n) is 21.0. The minimum atomic E-state index is -0.278. The number of phenols is 1. The summed E-state index contributed by atoms with van der Waals surface area (Å²) in [4.78, 5) is 12.6. The molecule has 190 valence electrons. The standard InChI is InChI=1S/C28H33N3O5/c1-5-24(20-7-11-22(34-2)12-8-20)28(21-9-13-23(35-3)14-10-21)29-18-27(33)31-30-17-19-6-15-25(32)26(16-19)36-4/h6-17,24,28-29,32H,5,18H2,1-4H3,(H,31,33). The topological polar surface area (TPSA) is 101 Å². The van der Waals surface area contributed by atoms with E-state index < -0.39 is 0 Å². The van der Waals surface area contributed by atoms with E-state index in [4.69, 9.17) is 14.2 Å². The van der Waals surface area contributed by atoms with Crippen molar-refractivity contribution in [3.05, 3.63) is 83.4 Å². The van der Waals surface area contributed by atoms with Gasteiger partial charge in [-0.25, -0.2) is 5.43 Å². The van der Waals surface area contributed by atoms with Crippen LogP contribution in [0.1, 0.15) is 42.0 Å². The van der Waals surface area contributed by atoms with Crippen molar-refractivity contribution in [2.24, 2.45) is 5.10 Å². The molecule has 36 heavy (non-hydrogen) atoms. The van der Waals surface area contributed by atoms with Crippen molar-refractivity contribution in [2.75, 3.05) is 27.9 Å². The molecule has 1 amide bonds. The molecule has 8 heteroatoms. The zero-order chi connectivity index (χ0) is 25.9. The molecule has 0 spiro atoms. The van der Waals surface area contributed by atoms with Gasteiger partial charge in [0.25, 0.3) is 5.91 Å². The van der Waals surface area contributed by atoms with Crippen LogP contribution < -0.4 is 25.0 Å². The average molecular weight is 492 g/mol. The monoisotopic (exact) mass is 491 g/mol. The Hall–Kier alpha value is -4.04. The highest BCUT2D eigenvalue weighted by Gasteiger charge is 2.24. The number of nitrogens with zero attached hydrogens (tertiary/aromatic N) is 1. The van der Waals surface area contributed by atoms with E-state index in [-0.39, 0.29) is 30.2 Å². The van der Waals surface area contributed by atoms with Gasteiger partial charge in [-0.05, 0) is 65.6 Å². The summed E-state index contributed by atoms with van der Waals surface area (Å²) in [5, 5.41) is 17.2. The Balaban J connectivity index is 1.72. The summed E-state index contributed by atoms with van der Waals surface area (Å²) in [5.74, 6) is 1.78. The van der Waals surface area contributed by atoms with E-state index in [0.717, 1.165) is 29.0 Å². The van der Waals surface area contributed by atoms with Crippen LogP contribution in [0.3, 0.4) is 0 Å². The maximum Gasteiger partial charge on any atom is 0.254 e. The van der Waals surface area contributed by atoms with Crippen LogP contribution in [0.5, 0.6) is 23.0 Å². The van der Waals surface area contributed by atoms with E-state index >= 15 is 0 Å². The van der Waals surface area contributed by atoms with Crippen molar-refractivity contribution in [1.82, 2.24) is 10.7 Å². The molecule has 0 fully saturated rings. The van der Waals surface area contributed by atoms with Crippen molar-refractivity contribution >= 4 is 12.1 Å². The Bertz CT molecular complexity index is 1150. The van der Waals surface area contributed by atoms with Gasteiger partial charge in [0.15, 0.2) is 11.5 Å². The number of amides is 1. The highest BCUT2D eigenvalue weighted by Crippen LogP contribution is 2.35. The number of nitrogens with one attached hydrogen (secondary N) is 2. The molecule has 0 aliphatic carbocycles. The fourth-order valence-corrected chi connectivity index (χ4v) is 4.01. The molecule has 3 aromatic rings. The molecular formula is C28H33N3O5. The third kappa shape index (κ3) is 6.99. The van der Waals surface area contributed by atoms with Gasteiger partial charge in [-0.2, -0.15) is 5.10 Å². The van der Waals surface area contributed by atoms with Gasteiger partial charge in [0.2, 0.25) is 0 Å². The number of benzene rings is 3. The second kappa shape index (κ2) is 13.2. The zero-order valence-corrected chi connectivity index (χ0v) is 21.0. The van der Waals surface area contributed by atoms with Crippen molar-refractivity contribution in [3.8, 4) is 23.0 Å². The van der Waals surface area contributed by atoms with Gasteiger partial charge in [-0.1, -0.05) is 31.2 Å². The first-order valence-electron chi connectivity index (χ1n) is 11.7. The van der Waals surface area contributed by atoms with Gasteiger partial charge in [-0.15, -0.1) is 0 Å². The van der Waals surface area contributed by atoms with Crippen molar-refractivity contribution < 1.29 is 24.1 Å². The molecule has 8 nitrogen and oxygen atoms in total. The number of rotatable bonds is 12. The van der Waals surface area contributed by atoms with Crippen LogP contribution in [-0.4, -0.2) is 45.1 Å². The lowest BCUT2D eigenvalue weighted by Crippen LogP contribution is -2.36. The molecule has 3 aromatic carbocycles. The van der Waals surface area contributed by atoms with Gasteiger partial charge in [0.1, 0.15) is 11.5 Å². The van der Waals surface area contributed by atoms with Gasteiger partial charge >= 0.3 is 0 Å². The fraction of sp³-hybridized carbons (Fsp3) is 0.286. The molecule has 3 rings (SSSR count). The van der Waals surface area contributed by atoms with Gasteiger partial charge in [-0.3, -0.25) is 4.79 Å². The Morgan fingerprint density at radius 1 is 0.917 bits per heavy atom. The maximum absolute atomic E-state index is 12.6. The van der Waals surface area contributed by atoms with Gasteiger partial charge < -0.3 is 24.6 Å². The van der Waals surface area contributed by atoms with Crippen LogP contribution in [0.4, 0.5) is 0 Å². The highest BCUT2D eigenvalue weighted by molar-refractivity contribution is 5.83. The normalized spacial score (nSPS) is 12.7. The molecule has 0 heterocycles. The third-order valence-electron chi connectivity index (χ3n) is 5.95. The van der Waals surface area contributed by atoms with Crippen LogP contribution in [0.25, 0.3) is 0 Å². The minimum Gasteiger partial charge on any atom is -0.504 e. The van der Waals surface area contributed by atoms with Crippen LogP contribution >= 0.6 is 0 Å². The molecule has 2 unspecified atom stereocenters. The Morgan fingerprint density at radius 3 is 2.08 bits per heavy atom. The molecule has 0 aliphatic rings. The van der Waals surface area contributed by atoms with E-state index in [9.17, 15) is 9.90 Å². The van der Waals surface area contributed by atoms with Gasteiger partial charge in [0.05, 0.1) is 34.1 Å². The van der Waals surface area contributed by atoms with Crippen molar-refractivity contribution in [3.63, 3.8) is 0 Å². The van der Waals surface area contributed by atoms with Crippen LogP contribution in [0.2, 0.25) is 0 Å². The van der Waals surface area contributed by atoms with Gasteiger partial charge in [0, 0.05) is 12.0 Å². The maximum atomic E-state index is 12.6. The Morgan fingerprint density at radius 2 is 1.53 bits per heavy atom. The predicted molar refractivity (Wildman–Crippen MR) is 140 cm³/mol. The Labute approximate surface area is 211 Å². The lowest BCUT2D eigenvalue weighted by atomic mass is 9.85. The third-order valence-corrected chi connectivity index (χ3v) is 5.95. The molecular weight excluding hydrogens is 458 g/mol. The lowest BCUT2D eigenvalue weighted by Gasteiger charge is -2.28. The van der Waals surface area contributed by atoms with E-state index in [1.165, 1.54) is 19.4 Å². The molecule has 0 saturated carbocycles. The van der Waals surface area contributed by atoms with Crippen LogP contribution in [-0.2, 0) is 4.79 Å². The number of carbonyl (C=O) groups is 1. The van der Waals surface area contributed by atoms with Crippen LogP contribution in [0.15, 0.2) is 71.8 Å². The SMILES string of the molecule is CCC(c1ccc(OC)cc1)C(NCC(=O)NN=Cc1ccc(O)c(OC)c1)c1ccc(OC)cc1. The molecule has 0 aliphatic heterocycles. The molecule has 0 aromatic heterocycles. The highest BCUT2D eigenvalue weighted by atomic mass is 16.5. The first-order chi connectivity index (χ1) is 17.5. The fourth-order valence-electron chi connectivity index (χ4n) is 4.01. The summed E-state index contributed by atoms with van der Waals surface area (Å²) < 4.78 is 15.7. The lowest BCUT2D eigenvalue weighted by molar-refractivity contribution is -0.120. The Kier molecular flexibility index (Phi) is 9.71. The quantitative estimate of drug-likeness (QED) is 0.257. The molecule has 0 saturated heterocycles. The summed E-state index contributed by atoms with van der Waals surface area (Å²) in [5.41, 5.74) is 5.42. The predicted octanol–water partition coefficient (Wildman–Crippen LogP) is 4.39. The number of carbonyl (C=O) groups excluding carboxylic acids is 1. The molecule has 0 radical (unpaired) electrons. The van der Waals surface area contributed by atoms with Crippen molar-refractivity contribution in [1.29, 1.82) is 0 Å². The summed E-state index contributed by atoms with van der Waals surface area (Å²) in [7, 11) is 4.75. The molecule has 0 bridgehead atoms. The van der Waals surface area contributed by atoms with E-state index in [1.54, 1.807) is 26.4 Å². The van der Waals surface area contributed by atoms with Crippen LogP contribution in [0, 0.1) is 0 Å². The second-order valence-corrected chi connectivity index (χ2v) is 8.14. The summed E-state index contributed by atoms with van der Waals surface area (Å²) in [6, 6.07) is 20.6. The number of aromatic hydroxyl groups is 1. The first-order valence-corrected chi connectivity index (χ1v) is 11.7. The number of hydrogen-bond donors (Lipinski definition) is 3. The molecule has 2 atom stereocenters. The molecule has 3 N–H and O–H groups in total. The number of hydrogen-bond acceptors (Lipinski definition) is 7. The second-order valence-electron chi connectivity index (χ2n) is 8.14. The van der Waals surface area contributed by atoms with E-state index in [2.05, 4.69) is 34.9 Å². The number of methoxy groups -OCH3 is 3. The van der Waals surface area contributed by atoms with E-state index in [1.807, 2.05) is 36.4 Å². The van der Waals surface area contributed by atoms with Crippen molar-refractivity contribution in [2.45, 2.75) is 25.3 Å². The van der Waals surface area contributed by atoms with E-state index in [0.29, 0.717) is 11.3 Å². The summed E-state index contributed by atoms with van der Waals surface area (Å²) >= 11 is 0.